The van der Waals surface area contributed by atoms with E-state index in [4.69, 9.17) is 5.41 Å². The van der Waals surface area contributed by atoms with Crippen molar-refractivity contribution in [2.75, 3.05) is 11.6 Å². The largest absolute Gasteiger partial charge is 0.505 e. The lowest BCUT2D eigenvalue weighted by Gasteiger charge is -2.20. The summed E-state index contributed by atoms with van der Waals surface area (Å²) >= 11 is 0. The minimum absolute atomic E-state index is 0.0813. The Kier molecular flexibility index (Phi) is 5.40. The molecule has 1 amide bonds. The lowest BCUT2D eigenvalue weighted by atomic mass is 10.0. The molecule has 170 valence electrons. The summed E-state index contributed by atoms with van der Waals surface area (Å²) in [4.78, 5) is 26.7. The maximum absolute atomic E-state index is 12.6. The Bertz CT molecular complexity index is 1180. The molecule has 33 heavy (non-hydrogen) atoms. The zero-order chi connectivity index (χ0) is 23.1. The second-order valence-corrected chi connectivity index (χ2v) is 9.24. The number of amidine groups is 1. The first kappa shape index (κ1) is 21.2. The monoisotopic (exact) mass is 444 g/mol. The number of nitrogens with one attached hydrogen (secondary N) is 3. The fourth-order valence-corrected chi connectivity index (χ4v) is 4.08. The summed E-state index contributed by atoms with van der Waals surface area (Å²) in [6.45, 7) is 2.25. The minimum Gasteiger partial charge on any atom is -0.505 e. The first-order valence-electron chi connectivity index (χ1n) is 11.5. The van der Waals surface area contributed by atoms with Crippen molar-refractivity contribution in [3.63, 3.8) is 0 Å². The Morgan fingerprint density at radius 3 is 2.58 bits per heavy atom. The van der Waals surface area contributed by atoms with Gasteiger partial charge in [-0.15, -0.1) is 0 Å². The fraction of sp³-hybridized carbons (Fsp3) is 0.346. The van der Waals surface area contributed by atoms with Crippen LogP contribution in [0.2, 0.25) is 0 Å². The Morgan fingerprint density at radius 1 is 1.09 bits per heavy atom. The SMILES string of the molecule is Cc1ccc(C(=O)CC2CC2)cc1N1CN/C(=C(/O)c2cccc(C(=O)NC3CC3)c2)C1=N. The van der Waals surface area contributed by atoms with Crippen LogP contribution in [-0.4, -0.2) is 35.3 Å². The van der Waals surface area contributed by atoms with Crippen LogP contribution < -0.4 is 15.5 Å². The van der Waals surface area contributed by atoms with Crippen molar-refractivity contribution in [3.8, 4) is 0 Å². The van der Waals surface area contributed by atoms with Crippen LogP contribution in [0.4, 0.5) is 5.69 Å². The highest BCUT2D eigenvalue weighted by molar-refractivity contribution is 6.13. The number of nitrogens with zero attached hydrogens (tertiary/aromatic N) is 1. The zero-order valence-electron chi connectivity index (χ0n) is 18.6. The van der Waals surface area contributed by atoms with E-state index in [9.17, 15) is 14.7 Å². The number of Topliss-reactive ketones (excluding diaryl/α,β-unsaturated/α-hetero) is 1. The van der Waals surface area contributed by atoms with Crippen molar-refractivity contribution in [1.82, 2.24) is 10.6 Å². The summed E-state index contributed by atoms with van der Waals surface area (Å²) in [7, 11) is 0. The van der Waals surface area contributed by atoms with E-state index in [1.165, 1.54) is 0 Å². The molecule has 0 spiro atoms. The normalized spacial score (nSPS) is 19.3. The van der Waals surface area contributed by atoms with Gasteiger partial charge in [0.1, 0.15) is 11.5 Å². The number of benzene rings is 2. The van der Waals surface area contributed by atoms with Gasteiger partial charge < -0.3 is 20.6 Å². The molecule has 2 aliphatic carbocycles. The summed E-state index contributed by atoms with van der Waals surface area (Å²) in [5.74, 6) is 0.536. The van der Waals surface area contributed by atoms with Crippen molar-refractivity contribution in [3.05, 3.63) is 70.4 Å². The first-order chi connectivity index (χ1) is 15.9. The van der Waals surface area contributed by atoms with Crippen LogP contribution in [0.25, 0.3) is 5.76 Å². The Morgan fingerprint density at radius 2 is 1.85 bits per heavy atom. The van der Waals surface area contributed by atoms with Crippen molar-refractivity contribution in [2.24, 2.45) is 5.92 Å². The third-order valence-electron chi connectivity index (χ3n) is 6.46. The Hall–Kier alpha value is -3.61. The van der Waals surface area contributed by atoms with Gasteiger partial charge in [-0.2, -0.15) is 0 Å². The number of aryl methyl sites for hydroxylation is 1. The van der Waals surface area contributed by atoms with Gasteiger partial charge in [0.05, 0.1) is 6.67 Å². The van der Waals surface area contributed by atoms with Gasteiger partial charge in [-0.25, -0.2) is 0 Å². The van der Waals surface area contributed by atoms with Crippen LogP contribution in [0.3, 0.4) is 0 Å². The van der Waals surface area contributed by atoms with E-state index in [2.05, 4.69) is 10.6 Å². The van der Waals surface area contributed by atoms with E-state index in [0.29, 0.717) is 41.4 Å². The smallest absolute Gasteiger partial charge is 0.251 e. The molecular formula is C26H28N4O3. The number of rotatable bonds is 7. The third kappa shape index (κ3) is 4.49. The number of hydrogen-bond acceptors (Lipinski definition) is 5. The molecule has 1 aliphatic heterocycles. The average molecular weight is 445 g/mol. The van der Waals surface area contributed by atoms with Gasteiger partial charge in [-0.3, -0.25) is 15.0 Å². The number of amides is 1. The molecule has 1 saturated heterocycles. The number of carbonyl (C=O) groups is 2. The average Bonchev–Trinajstić information content (AvgIpc) is 3.75. The van der Waals surface area contributed by atoms with E-state index in [1.807, 2.05) is 25.1 Å². The van der Waals surface area contributed by atoms with Gasteiger partial charge in [-0.1, -0.05) is 24.3 Å². The van der Waals surface area contributed by atoms with E-state index in [0.717, 1.165) is 36.9 Å². The summed E-state index contributed by atoms with van der Waals surface area (Å²) < 4.78 is 0. The molecule has 3 aliphatic rings. The molecule has 4 N–H and O–H groups in total. The zero-order valence-corrected chi connectivity index (χ0v) is 18.6. The van der Waals surface area contributed by atoms with Crippen molar-refractivity contribution in [1.29, 1.82) is 5.41 Å². The second kappa shape index (κ2) is 8.39. The van der Waals surface area contributed by atoms with Crippen molar-refractivity contribution < 1.29 is 14.7 Å². The molecule has 7 nitrogen and oxygen atoms in total. The number of hydrogen-bond donors (Lipinski definition) is 4. The lowest BCUT2D eigenvalue weighted by molar-refractivity contribution is 0.0948. The maximum Gasteiger partial charge on any atom is 0.251 e. The fourth-order valence-electron chi connectivity index (χ4n) is 4.08. The van der Waals surface area contributed by atoms with Crippen molar-refractivity contribution >= 4 is 29.0 Å². The molecule has 5 rings (SSSR count). The summed E-state index contributed by atoms with van der Waals surface area (Å²) in [5.41, 5.74) is 3.62. The van der Waals surface area contributed by atoms with Gasteiger partial charge in [0.2, 0.25) is 0 Å². The van der Waals surface area contributed by atoms with Crippen LogP contribution in [0.1, 0.15) is 63.9 Å². The summed E-state index contributed by atoms with van der Waals surface area (Å²) in [5, 5.41) is 25.7. The van der Waals surface area contributed by atoms with E-state index >= 15 is 0 Å². The molecule has 0 atom stereocenters. The van der Waals surface area contributed by atoms with E-state index in [1.54, 1.807) is 29.2 Å². The first-order valence-corrected chi connectivity index (χ1v) is 11.5. The molecule has 0 bridgehead atoms. The van der Waals surface area contributed by atoms with Crippen LogP contribution in [0.5, 0.6) is 0 Å². The molecule has 2 aromatic carbocycles. The topological polar surface area (TPSA) is 106 Å². The second-order valence-electron chi connectivity index (χ2n) is 9.24. The van der Waals surface area contributed by atoms with Gasteiger partial charge in [0.25, 0.3) is 5.91 Å². The van der Waals surface area contributed by atoms with Gasteiger partial charge in [0.15, 0.2) is 11.6 Å². The number of aliphatic hydroxyl groups is 1. The number of aliphatic hydroxyl groups excluding tert-OH is 1. The van der Waals surface area contributed by atoms with E-state index in [-0.39, 0.29) is 29.3 Å². The molecule has 0 radical (unpaired) electrons. The summed E-state index contributed by atoms with van der Waals surface area (Å²) in [6.07, 6.45) is 4.84. The molecule has 0 aromatic heterocycles. The van der Waals surface area contributed by atoms with Crippen LogP contribution >= 0.6 is 0 Å². The van der Waals surface area contributed by atoms with Gasteiger partial charge in [0, 0.05) is 34.8 Å². The molecular weight excluding hydrogens is 416 g/mol. The maximum atomic E-state index is 12.6. The van der Waals surface area contributed by atoms with Crippen LogP contribution in [0.15, 0.2) is 48.2 Å². The summed E-state index contributed by atoms with van der Waals surface area (Å²) in [6, 6.07) is 12.7. The lowest BCUT2D eigenvalue weighted by Crippen LogP contribution is -2.26. The third-order valence-corrected chi connectivity index (χ3v) is 6.46. The van der Waals surface area contributed by atoms with Gasteiger partial charge >= 0.3 is 0 Å². The highest BCUT2D eigenvalue weighted by Gasteiger charge is 2.30. The Labute approximate surface area is 193 Å². The highest BCUT2D eigenvalue weighted by Crippen LogP contribution is 2.34. The molecule has 2 aromatic rings. The highest BCUT2D eigenvalue weighted by atomic mass is 16.3. The quantitative estimate of drug-likeness (QED) is 0.379. The Balaban J connectivity index is 1.38. The predicted molar refractivity (Wildman–Crippen MR) is 128 cm³/mol. The van der Waals surface area contributed by atoms with Gasteiger partial charge in [-0.05, 0) is 62.3 Å². The van der Waals surface area contributed by atoms with Crippen LogP contribution in [0, 0.1) is 18.3 Å². The van der Waals surface area contributed by atoms with Crippen molar-refractivity contribution in [2.45, 2.75) is 45.1 Å². The number of anilines is 1. The molecule has 3 fully saturated rings. The predicted octanol–water partition coefficient (Wildman–Crippen LogP) is 4.14. The molecule has 1 heterocycles. The molecule has 0 unspecified atom stereocenters. The van der Waals surface area contributed by atoms with Crippen LogP contribution in [-0.2, 0) is 0 Å². The minimum atomic E-state index is -0.156. The standard InChI is InChI=1S/C26H28N4O3/c1-15-5-8-17(22(31)11-16-6-7-16)13-21(15)30-14-28-23(25(30)27)24(32)18-3-2-4-19(12-18)26(33)29-20-9-10-20/h2-5,8,12-13,16,20,27-28,32H,6-7,9-11,14H2,1H3,(H,29,33)/b24-23+,27-25?. The number of ketones is 1. The van der Waals surface area contributed by atoms with E-state index < -0.39 is 0 Å². The molecule has 7 heteroatoms. The molecule has 2 saturated carbocycles. The number of carbonyl (C=O) groups excluding carboxylic acids is 2.